The van der Waals surface area contributed by atoms with Gasteiger partial charge in [0.15, 0.2) is 0 Å². The molecule has 14 heavy (non-hydrogen) atoms. The van der Waals surface area contributed by atoms with Crippen LogP contribution in [-0.4, -0.2) is 0 Å². The summed E-state index contributed by atoms with van der Waals surface area (Å²) >= 11 is 0. The lowest BCUT2D eigenvalue weighted by atomic mass is 9.98. The Morgan fingerprint density at radius 1 is 1.36 bits per heavy atom. The zero-order valence-electron chi connectivity index (χ0n) is 9.12. The Morgan fingerprint density at radius 3 is 2.43 bits per heavy atom. The van der Waals surface area contributed by atoms with Crippen molar-refractivity contribution in [2.24, 2.45) is 11.7 Å². The van der Waals surface area contributed by atoms with Crippen LogP contribution in [0.3, 0.4) is 0 Å². The van der Waals surface area contributed by atoms with Crippen LogP contribution in [0.25, 0.3) is 0 Å². The fraction of sp³-hybridized carbons (Fsp3) is 0.636. The molecule has 0 aliphatic rings. The highest BCUT2D eigenvalue weighted by molar-refractivity contribution is 5.85. The number of aryl methyl sites for hydroxylation is 1. The van der Waals surface area contributed by atoms with Gasteiger partial charge in [-0.25, -0.2) is 0 Å². The highest BCUT2D eigenvalue weighted by atomic mass is 35.5. The van der Waals surface area contributed by atoms with Crippen molar-refractivity contribution in [2.45, 2.75) is 39.7 Å². The lowest BCUT2D eigenvalue weighted by Crippen LogP contribution is -2.17. The zero-order chi connectivity index (χ0) is 9.84. The Bertz CT molecular complexity index is 260. The third kappa shape index (κ3) is 3.03. The molecule has 1 aromatic heterocycles. The average Bonchev–Trinajstić information content (AvgIpc) is 2.63. The van der Waals surface area contributed by atoms with Gasteiger partial charge in [0.05, 0.1) is 6.04 Å². The first-order chi connectivity index (χ1) is 6.19. The number of halogens is 1. The van der Waals surface area contributed by atoms with E-state index in [0.717, 1.165) is 24.4 Å². The van der Waals surface area contributed by atoms with Crippen LogP contribution in [0.2, 0.25) is 0 Å². The summed E-state index contributed by atoms with van der Waals surface area (Å²) in [6, 6.07) is 4.05. The predicted molar refractivity (Wildman–Crippen MR) is 61.7 cm³/mol. The van der Waals surface area contributed by atoms with Crippen LogP contribution in [0.4, 0.5) is 0 Å². The fourth-order valence-corrected chi connectivity index (χ4v) is 1.30. The molecule has 0 saturated heterocycles. The molecule has 0 amide bonds. The van der Waals surface area contributed by atoms with Crippen LogP contribution < -0.4 is 5.73 Å². The Morgan fingerprint density at radius 2 is 2.00 bits per heavy atom. The normalized spacial score (nSPS) is 14.6. The number of furan rings is 1. The summed E-state index contributed by atoms with van der Waals surface area (Å²) in [7, 11) is 0. The summed E-state index contributed by atoms with van der Waals surface area (Å²) in [5, 5.41) is 0. The van der Waals surface area contributed by atoms with Crippen LogP contribution in [0, 0.1) is 5.92 Å². The van der Waals surface area contributed by atoms with Crippen molar-refractivity contribution >= 4 is 12.4 Å². The van der Waals surface area contributed by atoms with Crippen LogP contribution in [-0.2, 0) is 6.42 Å². The number of hydrogen-bond donors (Lipinski definition) is 1. The minimum Gasteiger partial charge on any atom is -0.464 e. The highest BCUT2D eigenvalue weighted by Crippen LogP contribution is 2.23. The van der Waals surface area contributed by atoms with Crippen molar-refractivity contribution in [1.29, 1.82) is 0 Å². The van der Waals surface area contributed by atoms with E-state index in [1.807, 2.05) is 12.1 Å². The first-order valence-corrected chi connectivity index (χ1v) is 5.03. The van der Waals surface area contributed by atoms with E-state index in [1.165, 1.54) is 0 Å². The first kappa shape index (κ1) is 13.5. The van der Waals surface area contributed by atoms with Crippen molar-refractivity contribution in [3.05, 3.63) is 23.7 Å². The van der Waals surface area contributed by atoms with E-state index in [4.69, 9.17) is 10.2 Å². The van der Waals surface area contributed by atoms with Gasteiger partial charge in [0.25, 0.3) is 0 Å². The quantitative estimate of drug-likeness (QED) is 0.841. The molecule has 1 aromatic rings. The monoisotopic (exact) mass is 217 g/mol. The van der Waals surface area contributed by atoms with Gasteiger partial charge in [-0.3, -0.25) is 0 Å². The minimum atomic E-state index is 0. The van der Waals surface area contributed by atoms with E-state index in [-0.39, 0.29) is 18.4 Å². The molecule has 0 aliphatic carbocycles. The molecule has 0 saturated carbocycles. The maximum absolute atomic E-state index is 6.02. The Balaban J connectivity index is 0.00000169. The van der Waals surface area contributed by atoms with E-state index in [1.54, 1.807) is 0 Å². The van der Waals surface area contributed by atoms with Crippen molar-refractivity contribution < 1.29 is 4.42 Å². The second kappa shape index (κ2) is 6.10. The standard InChI is InChI=1S/C11H19NO.ClH/c1-4-8(3)11(12)10-7-6-9(5-2)13-10;/h6-8,11H,4-5,12H2,1-3H3;1H/t8?,11-;/m0./s1. The minimum absolute atomic E-state index is 0. The Kier molecular flexibility index (Phi) is 5.89. The van der Waals surface area contributed by atoms with Crippen LogP contribution in [0.1, 0.15) is 44.8 Å². The number of nitrogens with two attached hydrogens (primary N) is 1. The van der Waals surface area contributed by atoms with E-state index >= 15 is 0 Å². The summed E-state index contributed by atoms with van der Waals surface area (Å²) in [5.74, 6) is 2.43. The van der Waals surface area contributed by atoms with Gasteiger partial charge in [0.2, 0.25) is 0 Å². The van der Waals surface area contributed by atoms with Gasteiger partial charge in [-0.15, -0.1) is 12.4 Å². The van der Waals surface area contributed by atoms with Gasteiger partial charge in [0.1, 0.15) is 11.5 Å². The molecule has 0 bridgehead atoms. The lowest BCUT2D eigenvalue weighted by Gasteiger charge is -2.15. The van der Waals surface area contributed by atoms with Crippen LogP contribution in [0.5, 0.6) is 0 Å². The third-order valence-electron chi connectivity index (χ3n) is 2.62. The Labute approximate surface area is 92.3 Å². The molecule has 1 heterocycles. The van der Waals surface area contributed by atoms with Crippen molar-refractivity contribution in [2.75, 3.05) is 0 Å². The van der Waals surface area contributed by atoms with E-state index in [0.29, 0.717) is 5.92 Å². The maximum Gasteiger partial charge on any atom is 0.121 e. The average molecular weight is 218 g/mol. The van der Waals surface area contributed by atoms with Gasteiger partial charge in [-0.2, -0.15) is 0 Å². The zero-order valence-corrected chi connectivity index (χ0v) is 9.93. The number of rotatable bonds is 4. The third-order valence-corrected chi connectivity index (χ3v) is 2.62. The molecule has 0 fully saturated rings. The van der Waals surface area contributed by atoms with Gasteiger partial charge in [0, 0.05) is 6.42 Å². The summed E-state index contributed by atoms with van der Waals surface area (Å²) in [6.45, 7) is 6.38. The molecule has 1 rings (SSSR count). The second-order valence-corrected chi connectivity index (χ2v) is 3.57. The first-order valence-electron chi connectivity index (χ1n) is 5.03. The number of hydrogen-bond acceptors (Lipinski definition) is 2. The van der Waals surface area contributed by atoms with Gasteiger partial charge < -0.3 is 10.2 Å². The van der Waals surface area contributed by atoms with Crippen molar-refractivity contribution in [3.8, 4) is 0 Å². The molecular formula is C11H20ClNO. The molecule has 0 radical (unpaired) electrons. The van der Waals surface area contributed by atoms with Crippen LogP contribution in [0.15, 0.2) is 16.5 Å². The topological polar surface area (TPSA) is 39.2 Å². The van der Waals surface area contributed by atoms with Crippen molar-refractivity contribution in [1.82, 2.24) is 0 Å². The molecule has 2 atom stereocenters. The highest BCUT2D eigenvalue weighted by Gasteiger charge is 2.16. The SMILES string of the molecule is CCc1ccc([C@@H](N)C(C)CC)o1.Cl. The molecule has 2 nitrogen and oxygen atoms in total. The summed E-state index contributed by atoms with van der Waals surface area (Å²) in [5.41, 5.74) is 6.02. The molecule has 0 aromatic carbocycles. The second-order valence-electron chi connectivity index (χ2n) is 3.57. The lowest BCUT2D eigenvalue weighted by molar-refractivity contribution is 0.364. The van der Waals surface area contributed by atoms with Crippen molar-refractivity contribution in [3.63, 3.8) is 0 Å². The largest absolute Gasteiger partial charge is 0.464 e. The summed E-state index contributed by atoms with van der Waals surface area (Å²) in [4.78, 5) is 0. The van der Waals surface area contributed by atoms with E-state index in [2.05, 4.69) is 20.8 Å². The van der Waals surface area contributed by atoms with E-state index in [9.17, 15) is 0 Å². The van der Waals surface area contributed by atoms with Gasteiger partial charge in [-0.05, 0) is 18.1 Å². The van der Waals surface area contributed by atoms with E-state index < -0.39 is 0 Å². The summed E-state index contributed by atoms with van der Waals surface area (Å²) in [6.07, 6.45) is 2.02. The molecule has 0 aliphatic heterocycles. The molecule has 2 N–H and O–H groups in total. The fourth-order valence-electron chi connectivity index (χ4n) is 1.30. The van der Waals surface area contributed by atoms with Crippen LogP contribution >= 0.6 is 12.4 Å². The van der Waals surface area contributed by atoms with Gasteiger partial charge >= 0.3 is 0 Å². The summed E-state index contributed by atoms with van der Waals surface area (Å²) < 4.78 is 5.59. The van der Waals surface area contributed by atoms with Gasteiger partial charge in [-0.1, -0.05) is 27.2 Å². The predicted octanol–water partition coefficient (Wildman–Crippen LogP) is 3.31. The molecule has 0 spiro atoms. The maximum atomic E-state index is 6.02. The molecule has 82 valence electrons. The molecule has 3 heteroatoms. The Hall–Kier alpha value is -0.470. The molecular weight excluding hydrogens is 198 g/mol. The molecule has 1 unspecified atom stereocenters. The smallest absolute Gasteiger partial charge is 0.121 e.